The first-order valence-electron chi connectivity index (χ1n) is 5.78. The van der Waals surface area contributed by atoms with Crippen molar-refractivity contribution in [1.82, 2.24) is 4.31 Å². The zero-order valence-electron chi connectivity index (χ0n) is 10.2. The Morgan fingerprint density at radius 3 is 2.35 bits per heavy atom. The third-order valence-corrected chi connectivity index (χ3v) is 4.90. The fourth-order valence-corrected chi connectivity index (χ4v) is 2.98. The normalized spacial score (nSPS) is 16.2. The van der Waals surface area contributed by atoms with Gasteiger partial charge in [0.2, 0.25) is 10.0 Å². The van der Waals surface area contributed by atoms with Crippen molar-refractivity contribution in [2.45, 2.75) is 17.7 Å². The SMILES string of the molecule is CNc1ccc(S(=O)(=O)N(C)CC2CC2)cc1. The molecule has 0 spiro atoms. The number of benzene rings is 1. The Balaban J connectivity index is 2.17. The largest absolute Gasteiger partial charge is 0.388 e. The highest BCUT2D eigenvalue weighted by molar-refractivity contribution is 7.89. The predicted octanol–water partition coefficient (Wildman–Crippen LogP) is 1.76. The number of nitrogens with zero attached hydrogens (tertiary/aromatic N) is 1. The van der Waals surface area contributed by atoms with Crippen molar-refractivity contribution >= 4 is 15.7 Å². The minimum absolute atomic E-state index is 0.361. The Hall–Kier alpha value is -1.07. The molecule has 0 atom stereocenters. The van der Waals surface area contributed by atoms with E-state index in [9.17, 15) is 8.42 Å². The summed E-state index contributed by atoms with van der Waals surface area (Å²) in [6.07, 6.45) is 2.30. The highest BCUT2D eigenvalue weighted by atomic mass is 32.2. The maximum absolute atomic E-state index is 12.2. The molecule has 94 valence electrons. The molecule has 1 aliphatic carbocycles. The van der Waals surface area contributed by atoms with Crippen LogP contribution in [0.3, 0.4) is 0 Å². The molecule has 17 heavy (non-hydrogen) atoms. The summed E-state index contributed by atoms with van der Waals surface area (Å²) < 4.78 is 25.9. The molecule has 0 heterocycles. The molecule has 1 aliphatic rings. The molecule has 1 aromatic rings. The van der Waals surface area contributed by atoms with Gasteiger partial charge in [-0.25, -0.2) is 12.7 Å². The van der Waals surface area contributed by atoms with Crippen molar-refractivity contribution in [3.63, 3.8) is 0 Å². The minimum Gasteiger partial charge on any atom is -0.388 e. The zero-order valence-corrected chi connectivity index (χ0v) is 11.0. The molecule has 1 fully saturated rings. The molecule has 5 heteroatoms. The van der Waals surface area contributed by atoms with Crippen LogP contribution in [-0.4, -0.2) is 33.4 Å². The minimum atomic E-state index is -3.31. The van der Waals surface area contributed by atoms with Crippen molar-refractivity contribution in [2.75, 3.05) is 26.0 Å². The maximum atomic E-state index is 12.2. The van der Waals surface area contributed by atoms with Gasteiger partial charge in [0.25, 0.3) is 0 Å². The monoisotopic (exact) mass is 254 g/mol. The molecule has 0 aliphatic heterocycles. The lowest BCUT2D eigenvalue weighted by Gasteiger charge is -2.17. The Labute approximate surface area is 103 Å². The van der Waals surface area contributed by atoms with Crippen LogP contribution in [-0.2, 0) is 10.0 Å². The summed E-state index contributed by atoms with van der Waals surface area (Å²) in [5, 5.41) is 2.97. The lowest BCUT2D eigenvalue weighted by Crippen LogP contribution is -2.28. The fraction of sp³-hybridized carbons (Fsp3) is 0.500. The molecule has 0 saturated heterocycles. The maximum Gasteiger partial charge on any atom is 0.242 e. The number of sulfonamides is 1. The van der Waals surface area contributed by atoms with Gasteiger partial charge >= 0.3 is 0 Å². The first kappa shape index (κ1) is 12.4. The average Bonchev–Trinajstić information content (AvgIpc) is 3.13. The smallest absolute Gasteiger partial charge is 0.242 e. The van der Waals surface area contributed by atoms with E-state index < -0.39 is 10.0 Å². The first-order chi connectivity index (χ1) is 8.04. The molecule has 1 aromatic carbocycles. The summed E-state index contributed by atoms with van der Waals surface area (Å²) >= 11 is 0. The Bertz CT molecular complexity index is 478. The van der Waals surface area contributed by atoms with Crippen LogP contribution >= 0.6 is 0 Å². The molecule has 0 aromatic heterocycles. The third kappa shape index (κ3) is 2.79. The first-order valence-corrected chi connectivity index (χ1v) is 7.22. The number of nitrogens with one attached hydrogen (secondary N) is 1. The Morgan fingerprint density at radius 2 is 1.88 bits per heavy atom. The molecule has 4 nitrogen and oxygen atoms in total. The summed E-state index contributed by atoms with van der Waals surface area (Å²) in [4.78, 5) is 0.361. The molecule has 0 radical (unpaired) electrons. The Kier molecular flexibility index (Phi) is 3.40. The highest BCUT2D eigenvalue weighted by Crippen LogP contribution is 2.31. The standard InChI is InChI=1S/C12H18N2O2S/c1-13-11-5-7-12(8-6-11)17(15,16)14(2)9-10-3-4-10/h5-8,10,13H,3-4,9H2,1-2H3. The quantitative estimate of drug-likeness (QED) is 0.871. The van der Waals surface area contributed by atoms with Crippen LogP contribution in [0, 0.1) is 5.92 Å². The van der Waals surface area contributed by atoms with Gasteiger partial charge in [0.1, 0.15) is 0 Å². The highest BCUT2D eigenvalue weighted by Gasteiger charge is 2.28. The molecule has 0 unspecified atom stereocenters. The fourth-order valence-electron chi connectivity index (χ4n) is 1.74. The molecular weight excluding hydrogens is 236 g/mol. The van der Waals surface area contributed by atoms with E-state index in [1.807, 2.05) is 7.05 Å². The number of rotatable bonds is 5. The van der Waals surface area contributed by atoms with Gasteiger partial charge < -0.3 is 5.32 Å². The van der Waals surface area contributed by atoms with E-state index in [-0.39, 0.29) is 0 Å². The van der Waals surface area contributed by atoms with E-state index >= 15 is 0 Å². The van der Waals surface area contributed by atoms with E-state index in [0.29, 0.717) is 17.4 Å². The van der Waals surface area contributed by atoms with E-state index in [0.717, 1.165) is 18.5 Å². The predicted molar refractivity (Wildman–Crippen MR) is 68.5 cm³/mol. The number of hydrogen-bond acceptors (Lipinski definition) is 3. The van der Waals surface area contributed by atoms with Gasteiger partial charge in [0, 0.05) is 26.3 Å². The van der Waals surface area contributed by atoms with Gasteiger partial charge in [-0.05, 0) is 43.0 Å². The van der Waals surface area contributed by atoms with Crippen molar-refractivity contribution < 1.29 is 8.42 Å². The average molecular weight is 254 g/mol. The van der Waals surface area contributed by atoms with Crippen LogP contribution in [0.1, 0.15) is 12.8 Å². The molecule has 0 amide bonds. The van der Waals surface area contributed by atoms with Crippen LogP contribution in [0.4, 0.5) is 5.69 Å². The van der Waals surface area contributed by atoms with Crippen molar-refractivity contribution in [3.8, 4) is 0 Å². The van der Waals surface area contributed by atoms with Gasteiger partial charge in [-0.15, -0.1) is 0 Å². The third-order valence-electron chi connectivity index (χ3n) is 3.06. The van der Waals surface area contributed by atoms with Crippen LogP contribution in [0.5, 0.6) is 0 Å². The summed E-state index contributed by atoms with van der Waals surface area (Å²) in [5.74, 6) is 0.561. The van der Waals surface area contributed by atoms with Crippen molar-refractivity contribution in [3.05, 3.63) is 24.3 Å². The second-order valence-corrected chi connectivity index (χ2v) is 6.55. The second-order valence-electron chi connectivity index (χ2n) is 4.50. The van der Waals surface area contributed by atoms with E-state index in [4.69, 9.17) is 0 Å². The molecule has 1 N–H and O–H groups in total. The van der Waals surface area contributed by atoms with Crippen molar-refractivity contribution in [2.24, 2.45) is 5.92 Å². The van der Waals surface area contributed by atoms with Gasteiger partial charge in [-0.2, -0.15) is 0 Å². The van der Waals surface area contributed by atoms with Gasteiger partial charge in [-0.3, -0.25) is 0 Å². The van der Waals surface area contributed by atoms with Crippen LogP contribution in [0.25, 0.3) is 0 Å². The lowest BCUT2D eigenvalue weighted by molar-refractivity contribution is 0.453. The molecule has 2 rings (SSSR count). The van der Waals surface area contributed by atoms with E-state index in [1.54, 1.807) is 31.3 Å². The number of anilines is 1. The zero-order chi connectivity index (χ0) is 12.5. The van der Waals surface area contributed by atoms with Crippen LogP contribution < -0.4 is 5.32 Å². The summed E-state index contributed by atoms with van der Waals surface area (Å²) in [6.45, 7) is 0.635. The molecular formula is C12H18N2O2S. The van der Waals surface area contributed by atoms with Crippen molar-refractivity contribution in [1.29, 1.82) is 0 Å². The molecule has 0 bridgehead atoms. The van der Waals surface area contributed by atoms with Crippen LogP contribution in [0.15, 0.2) is 29.2 Å². The van der Waals surface area contributed by atoms with E-state index in [1.165, 1.54) is 4.31 Å². The van der Waals surface area contributed by atoms with Gasteiger partial charge in [-0.1, -0.05) is 0 Å². The summed E-state index contributed by atoms with van der Waals surface area (Å²) in [5.41, 5.74) is 0.911. The number of hydrogen-bond donors (Lipinski definition) is 1. The van der Waals surface area contributed by atoms with Gasteiger partial charge in [0.05, 0.1) is 4.90 Å². The lowest BCUT2D eigenvalue weighted by atomic mass is 10.3. The van der Waals surface area contributed by atoms with Gasteiger partial charge in [0.15, 0.2) is 0 Å². The molecule has 1 saturated carbocycles. The summed E-state index contributed by atoms with van der Waals surface area (Å²) in [6, 6.07) is 6.84. The van der Waals surface area contributed by atoms with Crippen LogP contribution in [0.2, 0.25) is 0 Å². The Morgan fingerprint density at radius 1 is 1.29 bits per heavy atom. The summed E-state index contributed by atoms with van der Waals surface area (Å²) in [7, 11) is 0.147. The second kappa shape index (κ2) is 4.66. The topological polar surface area (TPSA) is 49.4 Å². The van der Waals surface area contributed by atoms with E-state index in [2.05, 4.69) is 5.32 Å².